The van der Waals surface area contributed by atoms with Crippen LogP contribution in [0.2, 0.25) is 0 Å². The van der Waals surface area contributed by atoms with Crippen LogP contribution in [0.3, 0.4) is 0 Å². The van der Waals surface area contributed by atoms with Gasteiger partial charge in [-0.1, -0.05) is 0 Å². The number of hydrogen-bond acceptors (Lipinski definition) is 4. The van der Waals surface area contributed by atoms with E-state index >= 15 is 0 Å². The lowest BCUT2D eigenvalue weighted by atomic mass is 10.3. The van der Waals surface area contributed by atoms with Crippen LogP contribution in [0.15, 0.2) is 40.8 Å². The molecule has 0 radical (unpaired) electrons. The first-order valence-corrected chi connectivity index (χ1v) is 6.97. The summed E-state index contributed by atoms with van der Waals surface area (Å²) in [6.45, 7) is 1.62. The van der Waals surface area contributed by atoms with Crippen molar-refractivity contribution in [3.8, 4) is 5.75 Å². The number of benzene rings is 1. The second-order valence-electron chi connectivity index (χ2n) is 4.72. The van der Waals surface area contributed by atoms with Gasteiger partial charge in [0.15, 0.2) is 5.76 Å². The second-order valence-corrected chi connectivity index (χ2v) is 4.72. The number of nitrogens with zero attached hydrogens (tertiary/aromatic N) is 1. The highest BCUT2D eigenvalue weighted by atomic mass is 19.1. The van der Waals surface area contributed by atoms with Crippen LogP contribution < -0.4 is 4.74 Å². The van der Waals surface area contributed by atoms with Gasteiger partial charge in [-0.3, -0.25) is 9.59 Å². The van der Waals surface area contributed by atoms with E-state index in [4.69, 9.17) is 14.3 Å². The van der Waals surface area contributed by atoms with Crippen LogP contribution in [0.25, 0.3) is 0 Å². The number of carboxylic acid groups (broad SMARTS) is 1. The third-order valence-electron chi connectivity index (χ3n) is 3.06. The number of carbonyl (C=O) groups excluding carboxylic acids is 1. The van der Waals surface area contributed by atoms with Crippen molar-refractivity contribution < 1.29 is 28.2 Å². The van der Waals surface area contributed by atoms with E-state index in [-0.39, 0.29) is 24.7 Å². The Labute approximate surface area is 132 Å². The number of carbonyl (C=O) groups is 2. The number of aliphatic carboxylic acids is 1. The van der Waals surface area contributed by atoms with Gasteiger partial charge in [-0.25, -0.2) is 4.39 Å². The number of hydrogen-bond donors (Lipinski definition) is 1. The van der Waals surface area contributed by atoms with E-state index in [2.05, 4.69) is 0 Å². The van der Waals surface area contributed by atoms with Gasteiger partial charge in [0.1, 0.15) is 30.5 Å². The summed E-state index contributed by atoms with van der Waals surface area (Å²) in [5.41, 5.74) is 0. The summed E-state index contributed by atoms with van der Waals surface area (Å²) in [5, 5.41) is 8.77. The highest BCUT2D eigenvalue weighted by Gasteiger charge is 2.20. The van der Waals surface area contributed by atoms with Crippen molar-refractivity contribution in [1.29, 1.82) is 0 Å². The number of furan rings is 1. The molecule has 1 amide bonds. The summed E-state index contributed by atoms with van der Waals surface area (Å²) < 4.78 is 23.6. The lowest BCUT2D eigenvalue weighted by Gasteiger charge is -2.16. The fraction of sp³-hybridized carbons (Fsp3) is 0.250. The molecule has 0 fully saturated rings. The molecule has 1 heterocycles. The Kier molecular flexibility index (Phi) is 5.35. The summed E-state index contributed by atoms with van der Waals surface area (Å²) in [4.78, 5) is 24.0. The highest BCUT2D eigenvalue weighted by molar-refractivity contribution is 5.93. The first-order valence-electron chi connectivity index (χ1n) is 6.97. The largest absolute Gasteiger partial charge is 0.486 e. The fourth-order valence-electron chi connectivity index (χ4n) is 1.90. The molecule has 0 spiro atoms. The summed E-state index contributed by atoms with van der Waals surface area (Å²) in [5.74, 6) is -1.03. The predicted octanol–water partition coefficient (Wildman–Crippen LogP) is 2.54. The molecule has 0 atom stereocenters. The van der Waals surface area contributed by atoms with E-state index < -0.39 is 18.4 Å². The van der Waals surface area contributed by atoms with Crippen molar-refractivity contribution in [2.45, 2.75) is 13.5 Å². The SMILES string of the molecule is CCN(CC(=O)O)C(=O)c1ccc(COc2ccc(F)cc2)o1. The molecule has 1 aromatic carbocycles. The molecule has 1 N–H and O–H groups in total. The minimum absolute atomic E-state index is 0.0470. The van der Waals surface area contributed by atoms with Crippen LogP contribution in [-0.2, 0) is 11.4 Å². The first kappa shape index (κ1) is 16.5. The number of ether oxygens (including phenoxy) is 1. The van der Waals surface area contributed by atoms with Crippen molar-refractivity contribution >= 4 is 11.9 Å². The normalized spacial score (nSPS) is 10.3. The molecular formula is C16H16FNO5. The summed E-state index contributed by atoms with van der Waals surface area (Å²) in [7, 11) is 0. The Morgan fingerprint density at radius 1 is 1.22 bits per heavy atom. The summed E-state index contributed by atoms with van der Waals surface area (Å²) >= 11 is 0. The first-order chi connectivity index (χ1) is 11.0. The predicted molar refractivity (Wildman–Crippen MR) is 78.7 cm³/mol. The lowest BCUT2D eigenvalue weighted by Crippen LogP contribution is -2.35. The van der Waals surface area contributed by atoms with Gasteiger partial charge in [-0.05, 0) is 43.3 Å². The topological polar surface area (TPSA) is 80.0 Å². The van der Waals surface area contributed by atoms with Crippen molar-refractivity contribution in [3.05, 3.63) is 53.7 Å². The van der Waals surface area contributed by atoms with Gasteiger partial charge < -0.3 is 19.2 Å². The summed E-state index contributed by atoms with van der Waals surface area (Å²) in [6.07, 6.45) is 0. The molecular weight excluding hydrogens is 305 g/mol. The smallest absolute Gasteiger partial charge is 0.323 e. The van der Waals surface area contributed by atoms with Gasteiger partial charge in [0.25, 0.3) is 5.91 Å². The quantitative estimate of drug-likeness (QED) is 0.847. The molecule has 122 valence electrons. The van der Waals surface area contributed by atoms with Gasteiger partial charge in [-0.15, -0.1) is 0 Å². The van der Waals surface area contributed by atoms with E-state index in [1.165, 1.54) is 30.3 Å². The molecule has 0 saturated carbocycles. The Bertz CT molecular complexity index is 680. The van der Waals surface area contributed by atoms with Crippen LogP contribution in [0.1, 0.15) is 23.2 Å². The average Bonchev–Trinajstić information content (AvgIpc) is 3.00. The van der Waals surface area contributed by atoms with Crippen molar-refractivity contribution in [3.63, 3.8) is 0 Å². The second kappa shape index (κ2) is 7.44. The Balaban J connectivity index is 1.98. The zero-order chi connectivity index (χ0) is 16.8. The van der Waals surface area contributed by atoms with Crippen LogP contribution in [-0.4, -0.2) is 35.0 Å². The Morgan fingerprint density at radius 2 is 1.91 bits per heavy atom. The number of carboxylic acids is 1. The molecule has 0 aliphatic carbocycles. The molecule has 0 aliphatic heterocycles. The molecule has 2 rings (SSSR count). The fourth-order valence-corrected chi connectivity index (χ4v) is 1.90. The molecule has 6 nitrogen and oxygen atoms in total. The minimum atomic E-state index is -1.09. The van der Waals surface area contributed by atoms with E-state index in [9.17, 15) is 14.0 Å². The third-order valence-corrected chi connectivity index (χ3v) is 3.06. The molecule has 0 saturated heterocycles. The number of amides is 1. The van der Waals surface area contributed by atoms with Crippen molar-refractivity contribution in [1.82, 2.24) is 4.90 Å². The molecule has 0 aliphatic rings. The molecule has 23 heavy (non-hydrogen) atoms. The zero-order valence-corrected chi connectivity index (χ0v) is 12.5. The standard InChI is InChI=1S/C16H16FNO5/c1-2-18(9-15(19)20)16(21)14-8-7-13(23-14)10-22-12-5-3-11(17)4-6-12/h3-8H,2,9-10H2,1H3,(H,19,20). The number of halogens is 1. The number of rotatable bonds is 7. The maximum Gasteiger partial charge on any atom is 0.323 e. The van der Waals surface area contributed by atoms with Gasteiger partial charge in [0.2, 0.25) is 0 Å². The van der Waals surface area contributed by atoms with Gasteiger partial charge in [0.05, 0.1) is 0 Å². The third kappa shape index (κ3) is 4.57. The van der Waals surface area contributed by atoms with Gasteiger partial charge in [0, 0.05) is 6.54 Å². The van der Waals surface area contributed by atoms with Crippen LogP contribution in [0, 0.1) is 5.82 Å². The van der Waals surface area contributed by atoms with Crippen molar-refractivity contribution in [2.24, 2.45) is 0 Å². The van der Waals surface area contributed by atoms with E-state index in [1.54, 1.807) is 13.0 Å². The van der Waals surface area contributed by atoms with E-state index in [0.29, 0.717) is 11.5 Å². The highest BCUT2D eigenvalue weighted by Crippen LogP contribution is 2.16. The average molecular weight is 321 g/mol. The van der Waals surface area contributed by atoms with Gasteiger partial charge >= 0.3 is 5.97 Å². The monoisotopic (exact) mass is 321 g/mol. The molecule has 7 heteroatoms. The molecule has 2 aromatic rings. The minimum Gasteiger partial charge on any atom is -0.486 e. The zero-order valence-electron chi connectivity index (χ0n) is 12.5. The Hall–Kier alpha value is -2.83. The summed E-state index contributed by atoms with van der Waals surface area (Å²) in [6, 6.07) is 8.56. The maximum absolute atomic E-state index is 12.8. The maximum atomic E-state index is 12.8. The lowest BCUT2D eigenvalue weighted by molar-refractivity contribution is -0.137. The van der Waals surface area contributed by atoms with E-state index in [0.717, 1.165) is 4.90 Å². The van der Waals surface area contributed by atoms with Crippen LogP contribution in [0.4, 0.5) is 4.39 Å². The van der Waals surface area contributed by atoms with Gasteiger partial charge in [-0.2, -0.15) is 0 Å². The molecule has 0 unspecified atom stereocenters. The van der Waals surface area contributed by atoms with Crippen LogP contribution in [0.5, 0.6) is 5.75 Å². The molecule has 0 bridgehead atoms. The van der Waals surface area contributed by atoms with E-state index in [1.807, 2.05) is 0 Å². The molecule has 1 aromatic heterocycles. The number of likely N-dealkylation sites (N-methyl/N-ethyl adjacent to an activating group) is 1. The van der Waals surface area contributed by atoms with Crippen molar-refractivity contribution in [2.75, 3.05) is 13.1 Å². The Morgan fingerprint density at radius 3 is 2.52 bits per heavy atom. The van der Waals surface area contributed by atoms with Crippen LogP contribution >= 0.6 is 0 Å².